The zero-order chi connectivity index (χ0) is 21.3. The van der Waals surface area contributed by atoms with Crippen LogP contribution in [0.2, 0.25) is 0 Å². The van der Waals surface area contributed by atoms with E-state index >= 15 is 0 Å². The number of fused-ring (bicyclic) bond motifs is 3. The van der Waals surface area contributed by atoms with Crippen LogP contribution in [0.5, 0.6) is 5.75 Å². The lowest BCUT2D eigenvalue weighted by atomic mass is 9.83. The van der Waals surface area contributed by atoms with E-state index in [9.17, 15) is 10.1 Å². The molecule has 1 atom stereocenters. The number of pyridine rings is 1. The van der Waals surface area contributed by atoms with Gasteiger partial charge in [0.2, 0.25) is 5.91 Å². The van der Waals surface area contributed by atoms with Gasteiger partial charge >= 0.3 is 0 Å². The largest absolute Gasteiger partial charge is 0.497 e. The number of hydrogen-bond acceptors (Lipinski definition) is 6. The Morgan fingerprint density at radius 2 is 2.07 bits per heavy atom. The molecule has 0 bridgehead atoms. The Bertz CT molecular complexity index is 1140. The normalized spacial score (nSPS) is 16.9. The highest BCUT2D eigenvalue weighted by molar-refractivity contribution is 8.00. The SMILES string of the molecule is COc1ccc2c(C)cc3nnc(SC(C)C(=O)NC4(C#N)CCCCC4)n3c2c1. The van der Waals surface area contributed by atoms with Gasteiger partial charge in [-0.15, -0.1) is 10.2 Å². The number of ether oxygens (including phenoxy) is 1. The number of carbonyl (C=O) groups excluding carboxylic acids is 1. The number of methoxy groups -OCH3 is 1. The number of nitrogens with zero attached hydrogens (tertiary/aromatic N) is 4. The highest BCUT2D eigenvalue weighted by atomic mass is 32.2. The van der Waals surface area contributed by atoms with Crippen LogP contribution in [0.25, 0.3) is 16.6 Å². The number of benzene rings is 1. The van der Waals surface area contributed by atoms with E-state index in [1.54, 1.807) is 7.11 Å². The minimum Gasteiger partial charge on any atom is -0.497 e. The summed E-state index contributed by atoms with van der Waals surface area (Å²) in [6.45, 7) is 3.88. The summed E-state index contributed by atoms with van der Waals surface area (Å²) in [5.74, 6) is 0.604. The molecule has 1 aliphatic rings. The molecule has 30 heavy (non-hydrogen) atoms. The van der Waals surface area contributed by atoms with Crippen LogP contribution in [-0.2, 0) is 4.79 Å². The quantitative estimate of drug-likeness (QED) is 0.623. The predicted octanol–water partition coefficient (Wildman–Crippen LogP) is 4.02. The molecular weight excluding hydrogens is 398 g/mol. The molecule has 0 aliphatic heterocycles. The minimum atomic E-state index is -0.742. The summed E-state index contributed by atoms with van der Waals surface area (Å²) in [7, 11) is 1.64. The van der Waals surface area contributed by atoms with Crippen molar-refractivity contribution in [3.05, 3.63) is 29.8 Å². The molecular formula is C22H25N5O2S. The van der Waals surface area contributed by atoms with Crippen LogP contribution in [0.15, 0.2) is 29.4 Å². The Hall–Kier alpha value is -2.79. The van der Waals surface area contributed by atoms with E-state index in [0.717, 1.165) is 47.1 Å². The zero-order valence-electron chi connectivity index (χ0n) is 17.4. The van der Waals surface area contributed by atoms with Crippen LogP contribution < -0.4 is 10.1 Å². The van der Waals surface area contributed by atoms with E-state index in [2.05, 4.69) is 21.6 Å². The van der Waals surface area contributed by atoms with Crippen LogP contribution in [-0.4, -0.2) is 38.4 Å². The van der Waals surface area contributed by atoms with Crippen LogP contribution in [0.4, 0.5) is 0 Å². The van der Waals surface area contributed by atoms with Gasteiger partial charge in [0.25, 0.3) is 0 Å². The smallest absolute Gasteiger partial charge is 0.234 e. The maximum absolute atomic E-state index is 12.9. The lowest BCUT2D eigenvalue weighted by Crippen LogP contribution is -2.50. The summed E-state index contributed by atoms with van der Waals surface area (Å²) >= 11 is 1.35. The van der Waals surface area contributed by atoms with Gasteiger partial charge in [-0.1, -0.05) is 31.0 Å². The number of carbonyl (C=O) groups is 1. The molecule has 1 aliphatic carbocycles. The summed E-state index contributed by atoms with van der Waals surface area (Å²) < 4.78 is 7.36. The van der Waals surface area contributed by atoms with Gasteiger partial charge in [-0.25, -0.2) is 0 Å². The molecule has 1 fully saturated rings. The molecule has 0 spiro atoms. The number of nitrogens with one attached hydrogen (secondary N) is 1. The first-order valence-electron chi connectivity index (χ1n) is 10.2. The fourth-order valence-electron chi connectivity index (χ4n) is 4.08. The Morgan fingerprint density at radius 1 is 1.30 bits per heavy atom. The first-order chi connectivity index (χ1) is 14.5. The number of amides is 1. The number of rotatable bonds is 5. The molecule has 7 nitrogen and oxygen atoms in total. The summed E-state index contributed by atoms with van der Waals surface area (Å²) in [4.78, 5) is 12.9. The average molecular weight is 424 g/mol. The Kier molecular flexibility index (Phi) is 5.56. The van der Waals surface area contributed by atoms with E-state index in [1.807, 2.05) is 42.5 Å². The van der Waals surface area contributed by atoms with Crippen molar-refractivity contribution >= 4 is 34.2 Å². The average Bonchev–Trinajstić information content (AvgIpc) is 3.16. The summed E-state index contributed by atoms with van der Waals surface area (Å²) in [5.41, 5.74) is 2.02. The first kappa shape index (κ1) is 20.5. The summed E-state index contributed by atoms with van der Waals surface area (Å²) in [5, 5.41) is 22.6. The van der Waals surface area contributed by atoms with E-state index in [1.165, 1.54) is 11.8 Å². The molecule has 0 saturated heterocycles. The lowest BCUT2D eigenvalue weighted by Gasteiger charge is -2.32. The maximum atomic E-state index is 12.9. The van der Waals surface area contributed by atoms with Gasteiger partial charge in [-0.3, -0.25) is 9.20 Å². The van der Waals surface area contributed by atoms with Gasteiger partial charge in [0.05, 0.1) is 23.9 Å². The lowest BCUT2D eigenvalue weighted by molar-refractivity contribution is -0.121. The van der Waals surface area contributed by atoms with Gasteiger partial charge < -0.3 is 10.1 Å². The van der Waals surface area contributed by atoms with Gasteiger partial charge in [0.15, 0.2) is 10.8 Å². The number of thioether (sulfide) groups is 1. The third kappa shape index (κ3) is 3.70. The summed E-state index contributed by atoms with van der Waals surface area (Å²) in [6, 6.07) is 10.2. The van der Waals surface area contributed by atoms with Crippen LogP contribution in [0, 0.1) is 18.3 Å². The molecule has 1 N–H and O–H groups in total. The Morgan fingerprint density at radius 3 is 2.77 bits per heavy atom. The molecule has 4 rings (SSSR count). The molecule has 1 amide bonds. The van der Waals surface area contributed by atoms with E-state index < -0.39 is 10.8 Å². The van der Waals surface area contributed by atoms with Crippen molar-refractivity contribution in [1.82, 2.24) is 19.9 Å². The Balaban J connectivity index is 1.64. The van der Waals surface area contributed by atoms with Gasteiger partial charge in [-0.05, 0) is 50.5 Å². The molecule has 1 aromatic carbocycles. The summed E-state index contributed by atoms with van der Waals surface area (Å²) in [6.07, 6.45) is 4.48. The van der Waals surface area contributed by atoms with Crippen LogP contribution >= 0.6 is 11.8 Å². The van der Waals surface area contributed by atoms with E-state index in [0.29, 0.717) is 18.0 Å². The molecule has 2 heterocycles. The van der Waals surface area contributed by atoms with Crippen molar-refractivity contribution in [3.63, 3.8) is 0 Å². The van der Waals surface area contributed by atoms with Crippen molar-refractivity contribution in [2.24, 2.45) is 0 Å². The third-order valence-corrected chi connectivity index (χ3v) is 6.85. The molecule has 1 saturated carbocycles. The van der Waals surface area contributed by atoms with E-state index in [-0.39, 0.29) is 5.91 Å². The number of aryl methyl sites for hydroxylation is 1. The number of aromatic nitrogens is 3. The molecule has 0 radical (unpaired) electrons. The number of nitriles is 1. The predicted molar refractivity (Wildman–Crippen MR) is 117 cm³/mol. The maximum Gasteiger partial charge on any atom is 0.234 e. The molecule has 8 heteroatoms. The van der Waals surface area contributed by atoms with Crippen molar-refractivity contribution in [2.75, 3.05) is 7.11 Å². The van der Waals surface area contributed by atoms with Crippen molar-refractivity contribution in [2.45, 2.75) is 61.9 Å². The second-order valence-corrected chi connectivity index (χ2v) is 9.20. The first-order valence-corrected chi connectivity index (χ1v) is 11.1. The molecule has 2 aromatic heterocycles. The van der Waals surface area contributed by atoms with Crippen LogP contribution in [0.1, 0.15) is 44.6 Å². The highest BCUT2D eigenvalue weighted by Crippen LogP contribution is 2.31. The second kappa shape index (κ2) is 8.15. The molecule has 156 valence electrons. The van der Waals surface area contributed by atoms with Crippen molar-refractivity contribution < 1.29 is 9.53 Å². The topological polar surface area (TPSA) is 92.3 Å². The molecule has 3 aromatic rings. The number of hydrogen-bond donors (Lipinski definition) is 1. The van der Waals surface area contributed by atoms with Crippen LogP contribution in [0.3, 0.4) is 0 Å². The second-order valence-electron chi connectivity index (χ2n) is 7.89. The monoisotopic (exact) mass is 423 g/mol. The minimum absolute atomic E-state index is 0.144. The van der Waals surface area contributed by atoms with Gasteiger partial charge in [0.1, 0.15) is 11.3 Å². The van der Waals surface area contributed by atoms with E-state index in [4.69, 9.17) is 4.74 Å². The fourth-order valence-corrected chi connectivity index (χ4v) is 4.94. The highest BCUT2D eigenvalue weighted by Gasteiger charge is 2.35. The van der Waals surface area contributed by atoms with Crippen molar-refractivity contribution in [3.8, 4) is 11.8 Å². The fraction of sp³-hybridized carbons (Fsp3) is 0.455. The standard InChI is InChI=1S/C22H25N5O2S/c1-14-11-19-25-26-21(27(19)18-12-16(29-3)7-8-17(14)18)30-15(2)20(28)24-22(13-23)9-5-4-6-10-22/h7-8,11-12,15H,4-6,9-10H2,1-3H3,(H,24,28). The third-order valence-electron chi connectivity index (χ3n) is 5.81. The zero-order valence-corrected chi connectivity index (χ0v) is 18.3. The molecule has 1 unspecified atom stereocenters. The van der Waals surface area contributed by atoms with Gasteiger partial charge in [0, 0.05) is 11.5 Å². The van der Waals surface area contributed by atoms with Crippen molar-refractivity contribution in [1.29, 1.82) is 5.26 Å². The Labute approximate surface area is 179 Å². The van der Waals surface area contributed by atoms with Gasteiger partial charge in [-0.2, -0.15) is 5.26 Å².